The Labute approximate surface area is 104 Å². The van der Waals surface area contributed by atoms with Crippen LogP contribution in [-0.4, -0.2) is 41.0 Å². The number of hydrogen-bond donors (Lipinski definition) is 2. The molecule has 0 saturated carbocycles. The third-order valence-electron chi connectivity index (χ3n) is 3.55. The van der Waals surface area contributed by atoms with Crippen LogP contribution in [0.15, 0.2) is 6.20 Å². The van der Waals surface area contributed by atoms with E-state index >= 15 is 0 Å². The Kier molecular flexibility index (Phi) is 4.57. The Bertz CT molecular complexity index is 326. The molecule has 4 nitrogen and oxygen atoms in total. The van der Waals surface area contributed by atoms with Crippen LogP contribution in [0.4, 0.5) is 0 Å². The molecule has 0 aliphatic carbocycles. The Morgan fingerprint density at radius 1 is 1.47 bits per heavy atom. The van der Waals surface area contributed by atoms with E-state index in [1.165, 1.54) is 38.2 Å². The SMILES string of the molecule is Cc1ncc(CNCCN2CCC(C)CC2)[nH]1. The van der Waals surface area contributed by atoms with E-state index in [1.807, 2.05) is 13.1 Å². The molecule has 0 bridgehead atoms. The van der Waals surface area contributed by atoms with Crippen molar-refractivity contribution in [2.75, 3.05) is 26.2 Å². The second kappa shape index (κ2) is 6.17. The fraction of sp³-hybridized carbons (Fsp3) is 0.769. The number of imidazole rings is 1. The van der Waals surface area contributed by atoms with Gasteiger partial charge in [-0.05, 0) is 38.8 Å². The second-order valence-electron chi connectivity index (χ2n) is 5.19. The number of nitrogens with zero attached hydrogens (tertiary/aromatic N) is 2. The van der Waals surface area contributed by atoms with E-state index in [4.69, 9.17) is 0 Å². The van der Waals surface area contributed by atoms with E-state index in [1.54, 1.807) is 0 Å². The van der Waals surface area contributed by atoms with Crippen LogP contribution in [0.25, 0.3) is 0 Å². The average Bonchev–Trinajstić information content (AvgIpc) is 2.73. The molecule has 17 heavy (non-hydrogen) atoms. The lowest BCUT2D eigenvalue weighted by atomic mass is 9.99. The van der Waals surface area contributed by atoms with E-state index in [0.29, 0.717) is 0 Å². The molecule has 0 unspecified atom stereocenters. The van der Waals surface area contributed by atoms with Crippen LogP contribution in [0.5, 0.6) is 0 Å². The molecule has 2 rings (SSSR count). The molecule has 1 aromatic heterocycles. The number of hydrogen-bond acceptors (Lipinski definition) is 3. The highest BCUT2D eigenvalue weighted by atomic mass is 15.1. The lowest BCUT2D eigenvalue weighted by Gasteiger charge is -2.30. The molecule has 1 fully saturated rings. The van der Waals surface area contributed by atoms with Gasteiger partial charge < -0.3 is 15.2 Å². The summed E-state index contributed by atoms with van der Waals surface area (Å²) in [5, 5.41) is 3.46. The fourth-order valence-corrected chi connectivity index (χ4v) is 2.31. The third-order valence-corrected chi connectivity index (χ3v) is 3.55. The highest BCUT2D eigenvalue weighted by Gasteiger charge is 2.14. The molecular weight excluding hydrogens is 212 g/mol. The smallest absolute Gasteiger partial charge is 0.103 e. The van der Waals surface area contributed by atoms with Crippen molar-refractivity contribution < 1.29 is 0 Å². The first-order valence-electron chi connectivity index (χ1n) is 6.67. The summed E-state index contributed by atoms with van der Waals surface area (Å²) in [6.07, 6.45) is 4.63. The van der Waals surface area contributed by atoms with Crippen molar-refractivity contribution in [2.24, 2.45) is 5.92 Å². The molecule has 4 heteroatoms. The van der Waals surface area contributed by atoms with Crippen LogP contribution in [-0.2, 0) is 6.54 Å². The Morgan fingerprint density at radius 3 is 2.88 bits per heavy atom. The lowest BCUT2D eigenvalue weighted by molar-refractivity contribution is 0.193. The monoisotopic (exact) mass is 236 g/mol. The number of H-pyrrole nitrogens is 1. The van der Waals surface area contributed by atoms with Crippen molar-refractivity contribution in [1.29, 1.82) is 0 Å². The van der Waals surface area contributed by atoms with Crippen LogP contribution < -0.4 is 5.32 Å². The van der Waals surface area contributed by atoms with Crippen molar-refractivity contribution >= 4 is 0 Å². The predicted molar refractivity (Wildman–Crippen MR) is 69.9 cm³/mol. The third kappa shape index (κ3) is 4.13. The largest absolute Gasteiger partial charge is 0.345 e. The molecule has 1 aliphatic rings. The van der Waals surface area contributed by atoms with E-state index in [-0.39, 0.29) is 0 Å². The summed E-state index contributed by atoms with van der Waals surface area (Å²) in [6.45, 7) is 10.0. The Morgan fingerprint density at radius 2 is 2.24 bits per heavy atom. The molecule has 96 valence electrons. The van der Waals surface area contributed by atoms with Gasteiger partial charge in [-0.1, -0.05) is 6.92 Å². The summed E-state index contributed by atoms with van der Waals surface area (Å²) in [6, 6.07) is 0. The summed E-state index contributed by atoms with van der Waals surface area (Å²) in [5.74, 6) is 1.92. The molecule has 2 N–H and O–H groups in total. The highest BCUT2D eigenvalue weighted by Crippen LogP contribution is 2.15. The maximum Gasteiger partial charge on any atom is 0.103 e. The first-order valence-corrected chi connectivity index (χ1v) is 6.67. The maximum atomic E-state index is 4.19. The number of rotatable bonds is 5. The minimum Gasteiger partial charge on any atom is -0.345 e. The Hall–Kier alpha value is -0.870. The zero-order chi connectivity index (χ0) is 12.1. The normalized spacial score (nSPS) is 18.7. The van der Waals surface area contributed by atoms with Gasteiger partial charge in [0.1, 0.15) is 5.82 Å². The summed E-state index contributed by atoms with van der Waals surface area (Å²) < 4.78 is 0. The van der Waals surface area contributed by atoms with Gasteiger partial charge in [0.05, 0.1) is 0 Å². The molecule has 0 spiro atoms. The number of aromatic nitrogens is 2. The number of aryl methyl sites for hydroxylation is 1. The summed E-state index contributed by atoms with van der Waals surface area (Å²) >= 11 is 0. The van der Waals surface area contributed by atoms with E-state index < -0.39 is 0 Å². The second-order valence-corrected chi connectivity index (χ2v) is 5.19. The quantitative estimate of drug-likeness (QED) is 0.762. The van der Waals surface area contributed by atoms with Crippen molar-refractivity contribution in [3.8, 4) is 0 Å². The van der Waals surface area contributed by atoms with E-state index in [0.717, 1.165) is 24.8 Å². The minimum absolute atomic E-state index is 0.894. The van der Waals surface area contributed by atoms with Crippen molar-refractivity contribution in [3.63, 3.8) is 0 Å². The van der Waals surface area contributed by atoms with Crippen LogP contribution >= 0.6 is 0 Å². The number of piperidine rings is 1. The van der Waals surface area contributed by atoms with Gasteiger partial charge in [0.2, 0.25) is 0 Å². The summed E-state index contributed by atoms with van der Waals surface area (Å²) in [5.41, 5.74) is 1.18. The first-order chi connectivity index (χ1) is 8.24. The number of aromatic amines is 1. The standard InChI is InChI=1S/C13H24N4/c1-11-3-6-17(7-4-11)8-5-14-9-13-10-15-12(2)16-13/h10-11,14H,3-9H2,1-2H3,(H,15,16). The zero-order valence-corrected chi connectivity index (χ0v) is 11.0. The van der Waals surface area contributed by atoms with Crippen LogP contribution in [0.2, 0.25) is 0 Å². The van der Waals surface area contributed by atoms with Crippen molar-refractivity contribution in [3.05, 3.63) is 17.7 Å². The first kappa shape index (κ1) is 12.6. The van der Waals surface area contributed by atoms with Crippen LogP contribution in [0.3, 0.4) is 0 Å². The molecule has 1 aliphatic heterocycles. The maximum absolute atomic E-state index is 4.19. The van der Waals surface area contributed by atoms with E-state index in [9.17, 15) is 0 Å². The number of nitrogens with one attached hydrogen (secondary N) is 2. The fourth-order valence-electron chi connectivity index (χ4n) is 2.31. The molecule has 0 atom stereocenters. The minimum atomic E-state index is 0.894. The summed E-state index contributed by atoms with van der Waals surface area (Å²) in [7, 11) is 0. The van der Waals surface area contributed by atoms with Crippen LogP contribution in [0.1, 0.15) is 31.3 Å². The van der Waals surface area contributed by atoms with Gasteiger partial charge >= 0.3 is 0 Å². The van der Waals surface area contributed by atoms with Gasteiger partial charge in [-0.15, -0.1) is 0 Å². The molecule has 0 radical (unpaired) electrons. The molecule has 1 saturated heterocycles. The zero-order valence-electron chi connectivity index (χ0n) is 11.0. The molecular formula is C13H24N4. The van der Waals surface area contributed by atoms with Crippen molar-refractivity contribution in [2.45, 2.75) is 33.2 Å². The Balaban J connectivity index is 1.57. The van der Waals surface area contributed by atoms with Gasteiger partial charge in [-0.3, -0.25) is 0 Å². The molecule has 1 aromatic rings. The van der Waals surface area contributed by atoms with Gasteiger partial charge in [0, 0.05) is 31.5 Å². The number of likely N-dealkylation sites (tertiary alicyclic amines) is 1. The van der Waals surface area contributed by atoms with E-state index in [2.05, 4.69) is 27.1 Å². The van der Waals surface area contributed by atoms with Gasteiger partial charge in [0.15, 0.2) is 0 Å². The van der Waals surface area contributed by atoms with Gasteiger partial charge in [-0.2, -0.15) is 0 Å². The molecule has 0 aromatic carbocycles. The molecule has 2 heterocycles. The van der Waals surface area contributed by atoms with Crippen molar-refractivity contribution in [1.82, 2.24) is 20.2 Å². The average molecular weight is 236 g/mol. The summed E-state index contributed by atoms with van der Waals surface area (Å²) in [4.78, 5) is 9.98. The molecule has 0 amide bonds. The highest BCUT2D eigenvalue weighted by molar-refractivity contribution is 4.99. The van der Waals surface area contributed by atoms with Gasteiger partial charge in [-0.25, -0.2) is 4.98 Å². The lowest BCUT2D eigenvalue weighted by Crippen LogP contribution is -2.37. The topological polar surface area (TPSA) is 44.0 Å². The van der Waals surface area contributed by atoms with Crippen LogP contribution in [0, 0.1) is 12.8 Å². The van der Waals surface area contributed by atoms with Gasteiger partial charge in [0.25, 0.3) is 0 Å². The predicted octanol–water partition coefficient (Wildman–Crippen LogP) is 1.54.